The predicted octanol–water partition coefficient (Wildman–Crippen LogP) is 2.20. The molecule has 4 nitrogen and oxygen atoms in total. The minimum absolute atomic E-state index is 0.132. The van der Waals surface area contributed by atoms with Gasteiger partial charge in [0.2, 0.25) is 0 Å². The minimum atomic E-state index is -0.802. The van der Waals surface area contributed by atoms with Crippen molar-refractivity contribution in [3.05, 3.63) is 0 Å². The number of carboxylic acids is 1. The van der Waals surface area contributed by atoms with E-state index in [1.54, 1.807) is 0 Å². The lowest BCUT2D eigenvalue weighted by molar-refractivity contribution is -0.137. The number of carbonyl (C=O) groups is 1. The molecule has 0 saturated heterocycles. The first-order valence-electron chi connectivity index (χ1n) is 6.14. The number of aliphatic hydroxyl groups is 1. The summed E-state index contributed by atoms with van der Waals surface area (Å²) < 4.78 is 5.19. The Labute approximate surface area is 97.6 Å². The zero-order valence-electron chi connectivity index (χ0n) is 10.2. The van der Waals surface area contributed by atoms with Crippen LogP contribution in [0.5, 0.6) is 0 Å². The van der Waals surface area contributed by atoms with Crippen molar-refractivity contribution in [3.63, 3.8) is 0 Å². The molecule has 0 aromatic rings. The molecule has 96 valence electrons. The first-order valence-corrected chi connectivity index (χ1v) is 6.14. The Morgan fingerprint density at radius 3 is 2.62 bits per heavy atom. The average Bonchev–Trinajstić information content (AvgIpc) is 2.23. The van der Waals surface area contributed by atoms with Crippen LogP contribution in [0.3, 0.4) is 0 Å². The van der Waals surface area contributed by atoms with Gasteiger partial charge in [0.15, 0.2) is 0 Å². The van der Waals surface area contributed by atoms with Gasteiger partial charge in [-0.15, -0.1) is 0 Å². The van der Waals surface area contributed by atoms with E-state index in [2.05, 4.69) is 6.92 Å². The van der Waals surface area contributed by atoms with Gasteiger partial charge in [-0.1, -0.05) is 32.6 Å². The van der Waals surface area contributed by atoms with Crippen LogP contribution in [0.2, 0.25) is 0 Å². The van der Waals surface area contributed by atoms with Crippen LogP contribution in [-0.4, -0.2) is 35.5 Å². The van der Waals surface area contributed by atoms with Gasteiger partial charge in [-0.05, 0) is 12.8 Å². The van der Waals surface area contributed by atoms with E-state index in [1.807, 2.05) is 0 Å². The molecule has 1 unspecified atom stereocenters. The summed E-state index contributed by atoms with van der Waals surface area (Å²) in [5.41, 5.74) is 0. The fraction of sp³-hybridized carbons (Fsp3) is 0.917. The van der Waals surface area contributed by atoms with Gasteiger partial charge in [0, 0.05) is 13.0 Å². The normalized spacial score (nSPS) is 12.6. The molecule has 0 spiro atoms. The van der Waals surface area contributed by atoms with Crippen molar-refractivity contribution in [1.29, 1.82) is 0 Å². The lowest BCUT2D eigenvalue weighted by Crippen LogP contribution is -2.15. The standard InChI is InChI=1S/C12H24O4/c1-2-3-4-5-7-11(13)10-16-9-6-8-12(14)15/h11,13H,2-10H2,1H3,(H,14,15). The van der Waals surface area contributed by atoms with E-state index in [4.69, 9.17) is 9.84 Å². The summed E-state index contributed by atoms with van der Waals surface area (Å²) in [4.78, 5) is 10.2. The molecule has 0 rings (SSSR count). The van der Waals surface area contributed by atoms with Gasteiger partial charge < -0.3 is 14.9 Å². The predicted molar refractivity (Wildman–Crippen MR) is 62.5 cm³/mol. The van der Waals surface area contributed by atoms with E-state index in [0.717, 1.165) is 19.3 Å². The molecule has 0 heterocycles. The van der Waals surface area contributed by atoms with Crippen molar-refractivity contribution in [2.75, 3.05) is 13.2 Å². The Morgan fingerprint density at radius 1 is 1.25 bits per heavy atom. The van der Waals surface area contributed by atoms with Crippen molar-refractivity contribution in [1.82, 2.24) is 0 Å². The molecular formula is C12H24O4. The highest BCUT2D eigenvalue weighted by molar-refractivity contribution is 5.66. The van der Waals surface area contributed by atoms with Crippen molar-refractivity contribution in [2.45, 2.75) is 58.0 Å². The van der Waals surface area contributed by atoms with Gasteiger partial charge in [0.1, 0.15) is 0 Å². The fourth-order valence-electron chi connectivity index (χ4n) is 1.43. The van der Waals surface area contributed by atoms with Crippen LogP contribution < -0.4 is 0 Å². The number of hydrogen-bond acceptors (Lipinski definition) is 3. The van der Waals surface area contributed by atoms with Crippen LogP contribution in [0.25, 0.3) is 0 Å². The van der Waals surface area contributed by atoms with E-state index in [0.29, 0.717) is 19.6 Å². The number of carboxylic acid groups (broad SMARTS) is 1. The molecule has 0 radical (unpaired) electrons. The second-order valence-corrected chi connectivity index (χ2v) is 4.08. The summed E-state index contributed by atoms with van der Waals surface area (Å²) in [5.74, 6) is -0.802. The number of unbranched alkanes of at least 4 members (excludes halogenated alkanes) is 3. The molecule has 2 N–H and O–H groups in total. The molecule has 0 amide bonds. The summed E-state index contributed by atoms with van der Waals surface area (Å²) in [6, 6.07) is 0. The summed E-state index contributed by atoms with van der Waals surface area (Å²) in [6.07, 6.45) is 5.62. The molecule has 0 fully saturated rings. The third kappa shape index (κ3) is 11.5. The highest BCUT2D eigenvalue weighted by Gasteiger charge is 2.04. The van der Waals surface area contributed by atoms with Gasteiger partial charge in [-0.25, -0.2) is 0 Å². The van der Waals surface area contributed by atoms with E-state index in [-0.39, 0.29) is 6.42 Å². The topological polar surface area (TPSA) is 66.8 Å². The Balaban J connectivity index is 3.17. The number of ether oxygens (including phenoxy) is 1. The molecule has 0 bridgehead atoms. The van der Waals surface area contributed by atoms with Crippen LogP contribution in [0.15, 0.2) is 0 Å². The highest BCUT2D eigenvalue weighted by Crippen LogP contribution is 2.06. The van der Waals surface area contributed by atoms with E-state index < -0.39 is 12.1 Å². The largest absolute Gasteiger partial charge is 0.481 e. The maximum Gasteiger partial charge on any atom is 0.303 e. The van der Waals surface area contributed by atoms with Crippen molar-refractivity contribution < 1.29 is 19.7 Å². The van der Waals surface area contributed by atoms with Crippen LogP contribution in [0.4, 0.5) is 0 Å². The molecule has 0 aliphatic carbocycles. The Kier molecular flexibility index (Phi) is 10.5. The van der Waals surface area contributed by atoms with E-state index in [1.165, 1.54) is 12.8 Å². The smallest absolute Gasteiger partial charge is 0.303 e. The number of hydrogen-bond donors (Lipinski definition) is 2. The fourth-order valence-corrected chi connectivity index (χ4v) is 1.43. The third-order valence-corrected chi connectivity index (χ3v) is 2.38. The first-order chi connectivity index (χ1) is 7.66. The molecule has 16 heavy (non-hydrogen) atoms. The molecule has 0 aliphatic heterocycles. The zero-order chi connectivity index (χ0) is 12.2. The van der Waals surface area contributed by atoms with Crippen molar-refractivity contribution in [3.8, 4) is 0 Å². The van der Waals surface area contributed by atoms with E-state index >= 15 is 0 Å². The van der Waals surface area contributed by atoms with Gasteiger partial charge in [0.05, 0.1) is 12.7 Å². The van der Waals surface area contributed by atoms with Crippen molar-refractivity contribution in [2.24, 2.45) is 0 Å². The number of aliphatic hydroxyl groups excluding tert-OH is 1. The highest BCUT2D eigenvalue weighted by atomic mass is 16.5. The van der Waals surface area contributed by atoms with Gasteiger partial charge in [0.25, 0.3) is 0 Å². The molecule has 0 aromatic heterocycles. The van der Waals surface area contributed by atoms with Gasteiger partial charge in [-0.2, -0.15) is 0 Å². The monoisotopic (exact) mass is 232 g/mol. The first kappa shape index (κ1) is 15.4. The molecule has 0 aromatic carbocycles. The van der Waals surface area contributed by atoms with Gasteiger partial charge in [-0.3, -0.25) is 4.79 Å². The summed E-state index contributed by atoms with van der Waals surface area (Å²) >= 11 is 0. The summed E-state index contributed by atoms with van der Waals surface area (Å²) in [5, 5.41) is 17.9. The third-order valence-electron chi connectivity index (χ3n) is 2.38. The second kappa shape index (κ2) is 10.9. The Morgan fingerprint density at radius 2 is 2.00 bits per heavy atom. The molecule has 0 aliphatic rings. The maximum absolute atomic E-state index is 10.2. The number of aliphatic carboxylic acids is 1. The summed E-state index contributed by atoms with van der Waals surface area (Å²) in [7, 11) is 0. The molecule has 1 atom stereocenters. The Bertz CT molecular complexity index is 170. The van der Waals surface area contributed by atoms with Crippen molar-refractivity contribution >= 4 is 5.97 Å². The van der Waals surface area contributed by atoms with E-state index in [9.17, 15) is 9.90 Å². The average molecular weight is 232 g/mol. The minimum Gasteiger partial charge on any atom is -0.481 e. The van der Waals surface area contributed by atoms with Gasteiger partial charge >= 0.3 is 5.97 Å². The molecule has 4 heteroatoms. The lowest BCUT2D eigenvalue weighted by Gasteiger charge is -2.10. The zero-order valence-corrected chi connectivity index (χ0v) is 10.2. The van der Waals surface area contributed by atoms with Crippen LogP contribution in [0.1, 0.15) is 51.9 Å². The van der Waals surface area contributed by atoms with Crippen LogP contribution in [-0.2, 0) is 9.53 Å². The van der Waals surface area contributed by atoms with Crippen LogP contribution in [0, 0.1) is 0 Å². The molecular weight excluding hydrogens is 208 g/mol. The Hall–Kier alpha value is -0.610. The maximum atomic E-state index is 10.2. The van der Waals surface area contributed by atoms with Crippen LogP contribution >= 0.6 is 0 Å². The number of rotatable bonds is 11. The SMILES string of the molecule is CCCCCCC(O)COCCCC(=O)O. The summed E-state index contributed by atoms with van der Waals surface area (Å²) in [6.45, 7) is 2.89. The molecule has 0 saturated carbocycles. The second-order valence-electron chi connectivity index (χ2n) is 4.08. The lowest BCUT2D eigenvalue weighted by atomic mass is 10.1. The quantitative estimate of drug-likeness (QED) is 0.536.